The summed E-state index contributed by atoms with van der Waals surface area (Å²) in [6.45, 7) is 5.79. The maximum atomic E-state index is 13.4. The molecule has 0 unspecified atom stereocenters. The third-order valence-electron chi connectivity index (χ3n) is 9.01. The number of carbonyl (C=O) groups excluding carboxylic acids is 1. The fraction of sp³-hybridized carbons (Fsp3) is 0.464. The molecule has 2 fully saturated rings. The second-order valence-electron chi connectivity index (χ2n) is 10.5. The Balaban J connectivity index is 1.35. The lowest BCUT2D eigenvalue weighted by molar-refractivity contribution is -0.139. The summed E-state index contributed by atoms with van der Waals surface area (Å²) in [5, 5.41) is 11.8. The molecule has 184 valence electrons. The lowest BCUT2D eigenvalue weighted by Crippen LogP contribution is -2.69. The number of halogens is 2. The number of phenols is 1. The van der Waals surface area contributed by atoms with Crippen LogP contribution in [0.1, 0.15) is 36.0 Å². The standard InChI is InChI=1S/C28H30Cl2N2O3/c1-3-11-32-12-10-28-18-5-7-21(31(2)25(34)14-16-4-6-19(29)20(30)13-16)27(28)35-24-9-8-23(33)17(26(24)28)15-22(18)32/h3-4,6,8-9,13,18,21-22,27,33H,1,5,7,10-12,14-15H2,2H3/t18-,21+,22+,27+,28-/m0/s1. The lowest BCUT2D eigenvalue weighted by Gasteiger charge is -2.60. The Hall–Kier alpha value is -2.21. The number of likely N-dealkylation sites (tertiary alicyclic amines) is 1. The van der Waals surface area contributed by atoms with Crippen molar-refractivity contribution in [3.63, 3.8) is 0 Å². The van der Waals surface area contributed by atoms with Gasteiger partial charge in [-0.15, -0.1) is 6.58 Å². The monoisotopic (exact) mass is 512 g/mol. The maximum Gasteiger partial charge on any atom is 0.227 e. The fourth-order valence-electron chi connectivity index (χ4n) is 7.53. The number of carbonyl (C=O) groups is 1. The zero-order valence-corrected chi connectivity index (χ0v) is 21.4. The summed E-state index contributed by atoms with van der Waals surface area (Å²) in [7, 11) is 1.90. The van der Waals surface area contributed by atoms with Crippen molar-refractivity contribution in [2.24, 2.45) is 5.92 Å². The summed E-state index contributed by atoms with van der Waals surface area (Å²) in [6.07, 6.45) is 5.85. The van der Waals surface area contributed by atoms with Gasteiger partial charge in [0.05, 0.1) is 22.5 Å². The van der Waals surface area contributed by atoms with Gasteiger partial charge in [-0.05, 0) is 68.0 Å². The number of hydrogen-bond acceptors (Lipinski definition) is 4. The molecule has 4 aliphatic rings. The largest absolute Gasteiger partial charge is 0.508 e. The minimum atomic E-state index is -0.176. The third-order valence-corrected chi connectivity index (χ3v) is 9.75. The Labute approximate surface area is 216 Å². The minimum absolute atomic E-state index is 0.0337. The molecule has 35 heavy (non-hydrogen) atoms. The normalized spacial score (nSPS) is 30.4. The quantitative estimate of drug-likeness (QED) is 0.573. The second-order valence-corrected chi connectivity index (χ2v) is 11.3. The predicted molar refractivity (Wildman–Crippen MR) is 138 cm³/mol. The molecule has 0 aromatic heterocycles. The van der Waals surface area contributed by atoms with Gasteiger partial charge < -0.3 is 14.7 Å². The first-order chi connectivity index (χ1) is 16.8. The number of amides is 1. The Morgan fingerprint density at radius 1 is 1.29 bits per heavy atom. The molecule has 0 radical (unpaired) electrons. The molecular weight excluding hydrogens is 483 g/mol. The summed E-state index contributed by atoms with van der Waals surface area (Å²) in [4.78, 5) is 17.8. The molecule has 2 aromatic carbocycles. The fourth-order valence-corrected chi connectivity index (χ4v) is 7.85. The number of aromatic hydroxyl groups is 1. The van der Waals surface area contributed by atoms with Crippen LogP contribution in [0.5, 0.6) is 11.5 Å². The summed E-state index contributed by atoms with van der Waals surface area (Å²) in [5.41, 5.74) is 2.91. The highest BCUT2D eigenvalue weighted by molar-refractivity contribution is 6.42. The Morgan fingerprint density at radius 2 is 2.11 bits per heavy atom. The molecule has 2 bridgehead atoms. The van der Waals surface area contributed by atoms with Crippen LogP contribution in [0.25, 0.3) is 0 Å². The van der Waals surface area contributed by atoms with Gasteiger partial charge in [-0.25, -0.2) is 0 Å². The van der Waals surface area contributed by atoms with E-state index in [9.17, 15) is 9.90 Å². The summed E-state index contributed by atoms with van der Waals surface area (Å²) < 4.78 is 6.72. The number of rotatable bonds is 5. The SMILES string of the molecule is C=CCN1CC[C@@]23c4c5ccc(O)c4C[C@@H]1[C@@H]2CC[C@@H](N(C)C(=O)Cc1ccc(Cl)c(Cl)c1)[C@H]3O5. The molecule has 1 saturated carbocycles. The van der Waals surface area contributed by atoms with E-state index in [1.807, 2.05) is 30.2 Å². The number of hydrogen-bond donors (Lipinski definition) is 1. The highest BCUT2D eigenvalue weighted by atomic mass is 35.5. The van der Waals surface area contributed by atoms with Gasteiger partial charge in [0.15, 0.2) is 0 Å². The average molecular weight is 513 g/mol. The predicted octanol–water partition coefficient (Wildman–Crippen LogP) is 4.99. The van der Waals surface area contributed by atoms with Gasteiger partial charge in [-0.1, -0.05) is 35.3 Å². The zero-order chi connectivity index (χ0) is 24.5. The molecule has 1 amide bonds. The highest BCUT2D eigenvalue weighted by Gasteiger charge is 2.66. The van der Waals surface area contributed by atoms with E-state index >= 15 is 0 Å². The molecule has 7 heteroatoms. The van der Waals surface area contributed by atoms with Crippen LogP contribution in [0.3, 0.4) is 0 Å². The third kappa shape index (κ3) is 3.35. The first-order valence-electron chi connectivity index (χ1n) is 12.4. The van der Waals surface area contributed by atoms with E-state index in [1.165, 1.54) is 5.56 Å². The van der Waals surface area contributed by atoms with Crippen molar-refractivity contribution in [2.75, 3.05) is 20.1 Å². The van der Waals surface area contributed by atoms with Crippen molar-refractivity contribution in [2.45, 2.75) is 55.7 Å². The molecule has 2 heterocycles. The molecular formula is C28H30Cl2N2O3. The Kier molecular flexibility index (Phi) is 5.59. The van der Waals surface area contributed by atoms with E-state index in [1.54, 1.807) is 18.2 Å². The number of benzene rings is 2. The number of nitrogens with zero attached hydrogens (tertiary/aromatic N) is 2. The van der Waals surface area contributed by atoms with Crippen LogP contribution < -0.4 is 4.74 Å². The van der Waals surface area contributed by atoms with Crippen molar-refractivity contribution in [1.82, 2.24) is 9.80 Å². The van der Waals surface area contributed by atoms with Crippen LogP contribution in [-0.4, -0.2) is 59.1 Å². The van der Waals surface area contributed by atoms with Crippen LogP contribution in [0.2, 0.25) is 10.0 Å². The van der Waals surface area contributed by atoms with E-state index in [4.69, 9.17) is 27.9 Å². The van der Waals surface area contributed by atoms with Gasteiger partial charge in [0, 0.05) is 36.2 Å². The number of likely N-dealkylation sites (N-methyl/N-ethyl adjacent to an activating group) is 1. The number of piperidine rings is 1. The van der Waals surface area contributed by atoms with E-state index < -0.39 is 0 Å². The van der Waals surface area contributed by atoms with E-state index in [0.29, 0.717) is 27.8 Å². The maximum absolute atomic E-state index is 13.4. The Bertz CT molecular complexity index is 1220. The molecule has 1 spiro atoms. The highest BCUT2D eigenvalue weighted by Crippen LogP contribution is 2.63. The molecule has 2 aliphatic carbocycles. The molecule has 5 atom stereocenters. The zero-order valence-electron chi connectivity index (χ0n) is 19.8. The van der Waals surface area contributed by atoms with Crippen molar-refractivity contribution in [1.29, 1.82) is 0 Å². The molecule has 1 N–H and O–H groups in total. The van der Waals surface area contributed by atoms with Gasteiger partial charge in [0.2, 0.25) is 5.91 Å². The van der Waals surface area contributed by atoms with Crippen molar-refractivity contribution < 1.29 is 14.6 Å². The van der Waals surface area contributed by atoms with Crippen LogP contribution in [0.4, 0.5) is 0 Å². The topological polar surface area (TPSA) is 53.0 Å². The van der Waals surface area contributed by atoms with Gasteiger partial charge in [0.1, 0.15) is 17.6 Å². The molecule has 5 nitrogen and oxygen atoms in total. The van der Waals surface area contributed by atoms with Crippen molar-refractivity contribution >= 4 is 29.1 Å². The van der Waals surface area contributed by atoms with E-state index in [-0.39, 0.29) is 29.9 Å². The van der Waals surface area contributed by atoms with Crippen LogP contribution >= 0.6 is 23.2 Å². The summed E-state index contributed by atoms with van der Waals surface area (Å²) >= 11 is 12.2. The molecule has 2 aromatic rings. The first-order valence-corrected chi connectivity index (χ1v) is 13.2. The Morgan fingerprint density at radius 3 is 2.89 bits per heavy atom. The average Bonchev–Trinajstić information content (AvgIpc) is 3.17. The van der Waals surface area contributed by atoms with Crippen LogP contribution in [0, 0.1) is 5.92 Å². The minimum Gasteiger partial charge on any atom is -0.508 e. The smallest absolute Gasteiger partial charge is 0.227 e. The first kappa shape index (κ1) is 23.2. The van der Waals surface area contributed by atoms with Gasteiger partial charge in [-0.3, -0.25) is 9.69 Å². The molecule has 6 rings (SSSR count). The van der Waals surface area contributed by atoms with Crippen LogP contribution in [0.15, 0.2) is 43.0 Å². The van der Waals surface area contributed by atoms with E-state index in [0.717, 1.165) is 55.6 Å². The van der Waals surface area contributed by atoms with E-state index in [2.05, 4.69) is 11.5 Å². The van der Waals surface area contributed by atoms with Crippen molar-refractivity contribution in [3.8, 4) is 11.5 Å². The number of phenolic OH excluding ortho intramolecular Hbond substituents is 1. The van der Waals surface area contributed by atoms with Gasteiger partial charge in [-0.2, -0.15) is 0 Å². The van der Waals surface area contributed by atoms with Gasteiger partial charge >= 0.3 is 0 Å². The van der Waals surface area contributed by atoms with Crippen LogP contribution in [-0.2, 0) is 23.1 Å². The van der Waals surface area contributed by atoms with Crippen molar-refractivity contribution in [3.05, 3.63) is 69.7 Å². The summed E-state index contributed by atoms with van der Waals surface area (Å²) in [5.74, 6) is 1.73. The molecule has 1 saturated heterocycles. The second kappa shape index (κ2) is 8.43. The number of ether oxygens (including phenoxy) is 1. The summed E-state index contributed by atoms with van der Waals surface area (Å²) in [6, 6.07) is 9.36. The lowest BCUT2D eigenvalue weighted by atomic mass is 9.51. The molecule has 2 aliphatic heterocycles. The van der Waals surface area contributed by atoms with Gasteiger partial charge in [0.25, 0.3) is 0 Å².